The molecule has 0 saturated carbocycles. The van der Waals surface area contributed by atoms with Gasteiger partial charge < -0.3 is 4.74 Å². The van der Waals surface area contributed by atoms with E-state index in [1.54, 1.807) is 0 Å². The molecule has 1 aromatic rings. The topological polar surface area (TPSA) is 47.3 Å². The average Bonchev–Trinajstić information content (AvgIpc) is 2.48. The molecule has 2 atom stereocenters. The van der Waals surface area contributed by atoms with Gasteiger partial charge in [0.25, 0.3) is 0 Å². The minimum atomic E-state index is 0.346. The normalized spacial score (nSPS) is 19.9. The molecule has 0 amide bonds. The van der Waals surface area contributed by atoms with Crippen molar-refractivity contribution in [1.29, 1.82) is 0 Å². The highest BCUT2D eigenvalue weighted by atomic mass is 16.5. The van der Waals surface area contributed by atoms with Gasteiger partial charge in [-0.1, -0.05) is 44.9 Å². The van der Waals surface area contributed by atoms with Crippen LogP contribution in [0.3, 0.4) is 0 Å². The zero-order chi connectivity index (χ0) is 13.7. The molecule has 1 aliphatic rings. The Kier molecular flexibility index (Phi) is 5.23. The fourth-order valence-corrected chi connectivity index (χ4v) is 2.99. The zero-order valence-electron chi connectivity index (χ0n) is 12.1. The molecule has 106 valence electrons. The number of ether oxygens (including phenoxy) is 1. The van der Waals surface area contributed by atoms with Crippen LogP contribution in [0.4, 0.5) is 0 Å². The lowest BCUT2D eigenvalue weighted by Gasteiger charge is -2.33. The van der Waals surface area contributed by atoms with Gasteiger partial charge in [-0.25, -0.2) is 0 Å². The van der Waals surface area contributed by atoms with Crippen LogP contribution >= 0.6 is 0 Å². The molecule has 0 aliphatic carbocycles. The first-order chi connectivity index (χ1) is 9.28. The van der Waals surface area contributed by atoms with E-state index < -0.39 is 0 Å². The number of nitrogens with one attached hydrogen (secondary N) is 1. The highest BCUT2D eigenvalue weighted by Gasteiger charge is 2.28. The summed E-state index contributed by atoms with van der Waals surface area (Å²) in [7, 11) is 0. The Balaban J connectivity index is 2.01. The maximum atomic E-state index is 5.87. The highest BCUT2D eigenvalue weighted by molar-refractivity contribution is 5.35. The molecule has 2 rings (SSSR count). The Bertz CT molecular complexity index is 390. The van der Waals surface area contributed by atoms with Crippen LogP contribution in [0.15, 0.2) is 24.3 Å². The van der Waals surface area contributed by atoms with Gasteiger partial charge in [0.1, 0.15) is 5.75 Å². The van der Waals surface area contributed by atoms with E-state index in [9.17, 15) is 0 Å². The Hall–Kier alpha value is -1.06. The van der Waals surface area contributed by atoms with Crippen molar-refractivity contribution in [2.45, 2.75) is 45.6 Å². The molecule has 3 nitrogen and oxygen atoms in total. The highest BCUT2D eigenvalue weighted by Crippen LogP contribution is 2.30. The third-order valence-electron chi connectivity index (χ3n) is 4.43. The first-order valence-corrected chi connectivity index (χ1v) is 7.45. The molecule has 2 unspecified atom stereocenters. The SMILES string of the molecule is CCC(CC)CC(NN)C1COc2ccccc2C1. The lowest BCUT2D eigenvalue weighted by molar-refractivity contribution is 0.167. The second-order valence-electron chi connectivity index (χ2n) is 5.57. The molecule has 0 aromatic heterocycles. The summed E-state index contributed by atoms with van der Waals surface area (Å²) in [5.74, 6) is 8.04. The summed E-state index contributed by atoms with van der Waals surface area (Å²) in [6.07, 6.45) is 4.64. The van der Waals surface area contributed by atoms with Crippen molar-refractivity contribution in [1.82, 2.24) is 5.43 Å². The van der Waals surface area contributed by atoms with Gasteiger partial charge in [0.15, 0.2) is 0 Å². The van der Waals surface area contributed by atoms with Crippen LogP contribution in [0, 0.1) is 11.8 Å². The summed E-state index contributed by atoms with van der Waals surface area (Å²) >= 11 is 0. The molecule has 0 bridgehead atoms. The van der Waals surface area contributed by atoms with Gasteiger partial charge in [0.05, 0.1) is 6.61 Å². The third-order valence-corrected chi connectivity index (χ3v) is 4.43. The van der Waals surface area contributed by atoms with Crippen LogP contribution in [-0.2, 0) is 6.42 Å². The van der Waals surface area contributed by atoms with Crippen LogP contribution in [0.1, 0.15) is 38.7 Å². The van der Waals surface area contributed by atoms with E-state index in [4.69, 9.17) is 10.6 Å². The van der Waals surface area contributed by atoms with E-state index in [-0.39, 0.29) is 0 Å². The summed E-state index contributed by atoms with van der Waals surface area (Å²) < 4.78 is 5.87. The van der Waals surface area contributed by atoms with Crippen molar-refractivity contribution in [3.05, 3.63) is 29.8 Å². The number of rotatable bonds is 6. The zero-order valence-corrected chi connectivity index (χ0v) is 12.1. The molecule has 0 spiro atoms. The van der Waals surface area contributed by atoms with Gasteiger partial charge in [-0.2, -0.15) is 0 Å². The van der Waals surface area contributed by atoms with E-state index in [0.29, 0.717) is 12.0 Å². The first-order valence-electron chi connectivity index (χ1n) is 7.45. The van der Waals surface area contributed by atoms with Gasteiger partial charge in [0.2, 0.25) is 0 Å². The minimum Gasteiger partial charge on any atom is -0.493 e. The predicted molar refractivity (Wildman–Crippen MR) is 78.9 cm³/mol. The largest absolute Gasteiger partial charge is 0.493 e. The van der Waals surface area contributed by atoms with Crippen LogP contribution in [0.2, 0.25) is 0 Å². The van der Waals surface area contributed by atoms with Crippen molar-refractivity contribution in [2.24, 2.45) is 17.7 Å². The van der Waals surface area contributed by atoms with E-state index in [1.165, 1.54) is 18.4 Å². The quantitative estimate of drug-likeness (QED) is 0.612. The second kappa shape index (κ2) is 6.92. The number of para-hydroxylation sites is 1. The number of benzene rings is 1. The molecule has 3 heteroatoms. The number of hydrogen-bond acceptors (Lipinski definition) is 3. The van der Waals surface area contributed by atoms with Crippen molar-refractivity contribution < 1.29 is 4.74 Å². The molecule has 0 fully saturated rings. The lowest BCUT2D eigenvalue weighted by Crippen LogP contribution is -2.46. The van der Waals surface area contributed by atoms with Gasteiger partial charge in [-0.3, -0.25) is 11.3 Å². The average molecular weight is 262 g/mol. The summed E-state index contributed by atoms with van der Waals surface area (Å²) in [5, 5.41) is 0. The van der Waals surface area contributed by atoms with Gasteiger partial charge in [-0.15, -0.1) is 0 Å². The number of nitrogens with two attached hydrogens (primary N) is 1. The van der Waals surface area contributed by atoms with Crippen molar-refractivity contribution in [3.8, 4) is 5.75 Å². The van der Waals surface area contributed by atoms with Crippen LogP contribution in [0.5, 0.6) is 5.75 Å². The molecule has 19 heavy (non-hydrogen) atoms. The van der Waals surface area contributed by atoms with Crippen LogP contribution in [0.25, 0.3) is 0 Å². The van der Waals surface area contributed by atoms with E-state index in [1.807, 2.05) is 6.07 Å². The Labute approximate surface area is 116 Å². The van der Waals surface area contributed by atoms with Crippen molar-refractivity contribution in [2.75, 3.05) is 6.61 Å². The lowest BCUT2D eigenvalue weighted by atomic mass is 9.84. The third kappa shape index (κ3) is 3.48. The summed E-state index contributed by atoms with van der Waals surface area (Å²) in [6.45, 7) is 5.29. The smallest absolute Gasteiger partial charge is 0.122 e. The Morgan fingerprint density at radius 2 is 2.05 bits per heavy atom. The van der Waals surface area contributed by atoms with E-state index in [2.05, 4.69) is 37.5 Å². The number of hydrazine groups is 1. The van der Waals surface area contributed by atoms with Crippen molar-refractivity contribution >= 4 is 0 Å². The standard InChI is InChI=1S/C16H26N2O/c1-3-12(4-2)9-15(18-17)14-10-13-7-5-6-8-16(13)19-11-14/h5-8,12,14-15,18H,3-4,9-11,17H2,1-2H3. The number of fused-ring (bicyclic) bond motifs is 1. The molecule has 1 aliphatic heterocycles. The second-order valence-corrected chi connectivity index (χ2v) is 5.57. The summed E-state index contributed by atoms with van der Waals surface area (Å²) in [6, 6.07) is 8.67. The molecule has 3 N–H and O–H groups in total. The summed E-state index contributed by atoms with van der Waals surface area (Å²) in [4.78, 5) is 0. The fourth-order valence-electron chi connectivity index (χ4n) is 2.99. The van der Waals surface area contributed by atoms with Crippen molar-refractivity contribution in [3.63, 3.8) is 0 Å². The predicted octanol–water partition coefficient (Wildman–Crippen LogP) is 2.90. The van der Waals surface area contributed by atoms with Gasteiger partial charge in [0, 0.05) is 12.0 Å². The molecule has 0 saturated heterocycles. The minimum absolute atomic E-state index is 0.346. The fraction of sp³-hybridized carbons (Fsp3) is 0.625. The van der Waals surface area contributed by atoms with Crippen LogP contribution < -0.4 is 16.0 Å². The molecule has 1 heterocycles. The van der Waals surface area contributed by atoms with E-state index >= 15 is 0 Å². The van der Waals surface area contributed by atoms with Gasteiger partial charge in [-0.05, 0) is 30.4 Å². The molecular formula is C16H26N2O. The number of hydrogen-bond donors (Lipinski definition) is 2. The van der Waals surface area contributed by atoms with Gasteiger partial charge >= 0.3 is 0 Å². The van der Waals surface area contributed by atoms with E-state index in [0.717, 1.165) is 31.1 Å². The van der Waals surface area contributed by atoms with Crippen LogP contribution in [-0.4, -0.2) is 12.6 Å². The molecular weight excluding hydrogens is 236 g/mol. The Morgan fingerprint density at radius 1 is 1.32 bits per heavy atom. The maximum Gasteiger partial charge on any atom is 0.122 e. The summed E-state index contributed by atoms with van der Waals surface area (Å²) in [5.41, 5.74) is 4.33. The monoisotopic (exact) mass is 262 g/mol. The maximum absolute atomic E-state index is 5.87. The molecule has 0 radical (unpaired) electrons. The Morgan fingerprint density at radius 3 is 2.74 bits per heavy atom. The molecule has 1 aromatic carbocycles. The first kappa shape index (κ1) is 14.4.